The van der Waals surface area contributed by atoms with Crippen molar-refractivity contribution in [2.24, 2.45) is 5.41 Å². The highest BCUT2D eigenvalue weighted by Gasteiger charge is 2.44. The molecule has 0 unspecified atom stereocenters. The van der Waals surface area contributed by atoms with Crippen LogP contribution in [0, 0.1) is 5.41 Å². The van der Waals surface area contributed by atoms with E-state index in [1.807, 2.05) is 36.5 Å². The zero-order chi connectivity index (χ0) is 14.6. The van der Waals surface area contributed by atoms with E-state index in [0.29, 0.717) is 12.8 Å². The van der Waals surface area contributed by atoms with Crippen molar-refractivity contribution in [1.82, 2.24) is 0 Å². The zero-order valence-electron chi connectivity index (χ0n) is 11.1. The summed E-state index contributed by atoms with van der Waals surface area (Å²) in [5.41, 5.74) is 0.670. The number of allylic oxidation sites excluding steroid dienone is 6. The third kappa shape index (κ3) is 2.28. The lowest BCUT2D eigenvalue weighted by molar-refractivity contribution is -0.133. The van der Waals surface area contributed by atoms with Gasteiger partial charge in [-0.15, -0.1) is 0 Å². The van der Waals surface area contributed by atoms with Crippen molar-refractivity contribution in [1.29, 1.82) is 0 Å². The van der Waals surface area contributed by atoms with Crippen molar-refractivity contribution in [2.75, 3.05) is 13.2 Å². The number of aliphatic carboxylic acids is 1. The minimum atomic E-state index is -1.12. The Bertz CT molecular complexity index is 517. The predicted molar refractivity (Wildman–Crippen MR) is 76.0 cm³/mol. The van der Waals surface area contributed by atoms with E-state index >= 15 is 0 Å². The van der Waals surface area contributed by atoms with Gasteiger partial charge in [-0.25, -0.2) is 4.79 Å². The molecule has 0 spiro atoms. The zero-order valence-corrected chi connectivity index (χ0v) is 11.1. The highest BCUT2D eigenvalue weighted by atomic mass is 16.4. The minimum Gasteiger partial charge on any atom is -0.478 e. The average molecular weight is 274 g/mol. The quantitative estimate of drug-likeness (QED) is 0.645. The molecule has 0 aromatic rings. The molecule has 0 aliphatic heterocycles. The van der Waals surface area contributed by atoms with Crippen LogP contribution in [0.2, 0.25) is 0 Å². The molecule has 3 N–H and O–H groups in total. The van der Waals surface area contributed by atoms with Crippen LogP contribution < -0.4 is 0 Å². The van der Waals surface area contributed by atoms with E-state index in [2.05, 4.69) is 0 Å². The summed E-state index contributed by atoms with van der Waals surface area (Å²) in [5, 5.41) is 28.7. The first-order chi connectivity index (χ1) is 9.66. The first-order valence-electron chi connectivity index (χ1n) is 6.54. The molecule has 2 rings (SSSR count). The SMILES string of the molecule is O=C(O)C(=CCO)C(CO)(C1=CC=CC1)C1=CC=CC1. The Balaban J connectivity index is 2.58. The molecule has 0 bridgehead atoms. The van der Waals surface area contributed by atoms with Crippen LogP contribution in [-0.4, -0.2) is 34.5 Å². The molecule has 4 nitrogen and oxygen atoms in total. The monoisotopic (exact) mass is 274 g/mol. The van der Waals surface area contributed by atoms with E-state index in [0.717, 1.165) is 11.1 Å². The number of hydrogen-bond acceptors (Lipinski definition) is 3. The van der Waals surface area contributed by atoms with Crippen molar-refractivity contribution in [3.8, 4) is 0 Å². The number of aliphatic hydroxyl groups excluding tert-OH is 2. The van der Waals surface area contributed by atoms with Gasteiger partial charge in [0.05, 0.1) is 24.2 Å². The van der Waals surface area contributed by atoms with Crippen LogP contribution in [0.5, 0.6) is 0 Å². The summed E-state index contributed by atoms with van der Waals surface area (Å²) in [5.74, 6) is -1.12. The molecule has 0 atom stereocenters. The van der Waals surface area contributed by atoms with Gasteiger partial charge in [0.2, 0.25) is 0 Å². The number of hydrogen-bond donors (Lipinski definition) is 3. The largest absolute Gasteiger partial charge is 0.478 e. The fourth-order valence-corrected chi connectivity index (χ4v) is 2.90. The first-order valence-corrected chi connectivity index (χ1v) is 6.54. The van der Waals surface area contributed by atoms with Crippen LogP contribution in [0.15, 0.2) is 59.3 Å². The summed E-state index contributed by atoms with van der Waals surface area (Å²) in [7, 11) is 0. The summed E-state index contributed by atoms with van der Waals surface area (Å²) in [6, 6.07) is 0. The molecular weight excluding hydrogens is 256 g/mol. The van der Waals surface area contributed by atoms with Gasteiger partial charge in [0.1, 0.15) is 0 Å². The first kappa shape index (κ1) is 14.5. The van der Waals surface area contributed by atoms with Gasteiger partial charge < -0.3 is 15.3 Å². The number of rotatable bonds is 6. The van der Waals surface area contributed by atoms with Gasteiger partial charge >= 0.3 is 5.97 Å². The van der Waals surface area contributed by atoms with Gasteiger partial charge in [0, 0.05) is 0 Å². The number of carbonyl (C=O) groups is 1. The van der Waals surface area contributed by atoms with Crippen LogP contribution in [-0.2, 0) is 4.79 Å². The Morgan fingerprint density at radius 2 is 1.70 bits per heavy atom. The Morgan fingerprint density at radius 3 is 2.00 bits per heavy atom. The molecule has 0 saturated carbocycles. The van der Waals surface area contributed by atoms with Crippen molar-refractivity contribution in [3.05, 3.63) is 59.3 Å². The molecule has 2 aliphatic carbocycles. The van der Waals surface area contributed by atoms with Crippen LogP contribution in [0.25, 0.3) is 0 Å². The second-order valence-electron chi connectivity index (χ2n) is 4.82. The van der Waals surface area contributed by atoms with Gasteiger partial charge in [0.25, 0.3) is 0 Å². The van der Waals surface area contributed by atoms with Crippen molar-refractivity contribution in [2.45, 2.75) is 12.8 Å². The van der Waals surface area contributed by atoms with Crippen molar-refractivity contribution in [3.63, 3.8) is 0 Å². The summed E-state index contributed by atoms with van der Waals surface area (Å²) in [6.07, 6.45) is 13.8. The summed E-state index contributed by atoms with van der Waals surface area (Å²) in [6.45, 7) is -0.697. The van der Waals surface area contributed by atoms with Crippen LogP contribution in [0.3, 0.4) is 0 Å². The molecule has 0 saturated heterocycles. The molecule has 0 heterocycles. The Labute approximate surface area is 117 Å². The van der Waals surface area contributed by atoms with E-state index in [-0.39, 0.29) is 18.8 Å². The minimum absolute atomic E-state index is 0.0346. The molecule has 0 aromatic heterocycles. The standard InChI is InChI=1S/C16H18O4/c17-10-9-14(15(19)20)16(11-18,12-5-1-2-6-12)13-7-3-4-8-13/h1-5,7,9,17-18H,6,8,10-11H2,(H,19,20). The van der Waals surface area contributed by atoms with Crippen LogP contribution in [0.1, 0.15) is 12.8 Å². The molecule has 2 aliphatic rings. The van der Waals surface area contributed by atoms with Crippen LogP contribution in [0.4, 0.5) is 0 Å². The van der Waals surface area contributed by atoms with Crippen molar-refractivity contribution < 1.29 is 20.1 Å². The van der Waals surface area contributed by atoms with Gasteiger partial charge in [-0.05, 0) is 30.1 Å². The average Bonchev–Trinajstić information content (AvgIpc) is 3.12. The second kappa shape index (κ2) is 6.03. The Hall–Kier alpha value is -1.91. The molecule has 0 fully saturated rings. The highest BCUT2D eigenvalue weighted by Crippen LogP contribution is 2.47. The van der Waals surface area contributed by atoms with E-state index < -0.39 is 11.4 Å². The fourth-order valence-electron chi connectivity index (χ4n) is 2.90. The van der Waals surface area contributed by atoms with E-state index in [4.69, 9.17) is 5.11 Å². The third-order valence-corrected chi connectivity index (χ3v) is 3.86. The summed E-state index contributed by atoms with van der Waals surface area (Å²) in [4.78, 5) is 11.6. The van der Waals surface area contributed by atoms with E-state index in [1.165, 1.54) is 6.08 Å². The fraction of sp³-hybridized carbons (Fsp3) is 0.312. The van der Waals surface area contributed by atoms with E-state index in [1.54, 1.807) is 0 Å². The maximum atomic E-state index is 11.6. The lowest BCUT2D eigenvalue weighted by Crippen LogP contribution is -2.35. The van der Waals surface area contributed by atoms with Crippen molar-refractivity contribution >= 4 is 5.97 Å². The van der Waals surface area contributed by atoms with Crippen LogP contribution >= 0.6 is 0 Å². The van der Waals surface area contributed by atoms with Gasteiger partial charge in [-0.2, -0.15) is 0 Å². The lowest BCUT2D eigenvalue weighted by Gasteiger charge is -2.36. The predicted octanol–water partition coefficient (Wildman–Crippen LogP) is 1.74. The molecule has 4 heteroatoms. The number of carboxylic acids is 1. The molecule has 0 aromatic carbocycles. The summed E-state index contributed by atoms with van der Waals surface area (Å²) < 4.78 is 0. The lowest BCUT2D eigenvalue weighted by atomic mass is 9.67. The molecule has 20 heavy (non-hydrogen) atoms. The maximum Gasteiger partial charge on any atom is 0.332 e. The molecular formula is C16H18O4. The number of carboxylic acid groups (broad SMARTS) is 1. The number of aliphatic hydroxyl groups is 2. The molecule has 0 amide bonds. The maximum absolute atomic E-state index is 11.6. The van der Waals surface area contributed by atoms with Gasteiger partial charge in [0.15, 0.2) is 0 Å². The Morgan fingerprint density at radius 1 is 1.15 bits per heavy atom. The molecule has 0 radical (unpaired) electrons. The second-order valence-corrected chi connectivity index (χ2v) is 4.82. The van der Waals surface area contributed by atoms with Gasteiger partial charge in [-0.3, -0.25) is 0 Å². The topological polar surface area (TPSA) is 77.8 Å². The van der Waals surface area contributed by atoms with Gasteiger partial charge in [-0.1, -0.05) is 36.5 Å². The van der Waals surface area contributed by atoms with E-state index in [9.17, 15) is 15.0 Å². The molecule has 106 valence electrons. The normalized spacial score (nSPS) is 18.4. The highest BCUT2D eigenvalue weighted by molar-refractivity contribution is 5.90. The Kier molecular flexibility index (Phi) is 4.37. The summed E-state index contributed by atoms with van der Waals surface area (Å²) >= 11 is 0. The third-order valence-electron chi connectivity index (χ3n) is 3.86. The smallest absolute Gasteiger partial charge is 0.332 e.